The van der Waals surface area contributed by atoms with Gasteiger partial charge in [-0.05, 0) is 115 Å². The first kappa shape index (κ1) is 25.4. The van der Waals surface area contributed by atoms with Crippen LogP contribution in [0.5, 0.6) is 0 Å². The Kier molecular flexibility index (Phi) is 7.97. The van der Waals surface area contributed by atoms with Gasteiger partial charge in [-0.15, -0.1) is 0 Å². The molecule has 3 aliphatic rings. The van der Waals surface area contributed by atoms with Crippen molar-refractivity contribution in [1.82, 2.24) is 0 Å². The van der Waals surface area contributed by atoms with Crippen LogP contribution in [0.25, 0.3) is 6.08 Å². The van der Waals surface area contributed by atoms with E-state index in [1.165, 1.54) is 84.0 Å². The lowest BCUT2D eigenvalue weighted by atomic mass is 9.86. The number of ether oxygens (including phenoxy) is 1. The molecule has 3 aromatic carbocycles. The number of rotatable bonds is 8. The van der Waals surface area contributed by atoms with E-state index >= 15 is 0 Å². The highest BCUT2D eigenvalue weighted by atomic mass is 16.5. The zero-order valence-electron chi connectivity index (χ0n) is 23.0. The maximum absolute atomic E-state index is 5.55. The zero-order chi connectivity index (χ0) is 25.7. The van der Waals surface area contributed by atoms with Gasteiger partial charge in [-0.25, -0.2) is 0 Å². The van der Waals surface area contributed by atoms with Gasteiger partial charge < -0.3 is 10.1 Å². The molecule has 2 heteroatoms. The first-order valence-corrected chi connectivity index (χ1v) is 15.0. The van der Waals surface area contributed by atoms with Crippen molar-refractivity contribution in [2.24, 2.45) is 11.8 Å². The summed E-state index contributed by atoms with van der Waals surface area (Å²) in [7, 11) is 0. The molecule has 38 heavy (non-hydrogen) atoms. The molecule has 2 fully saturated rings. The predicted octanol–water partition coefficient (Wildman–Crippen LogP) is 8.59. The van der Waals surface area contributed by atoms with E-state index in [0.29, 0.717) is 12.0 Å². The molecule has 3 aromatic rings. The third-order valence-electron chi connectivity index (χ3n) is 9.16. The van der Waals surface area contributed by atoms with Crippen molar-refractivity contribution in [1.29, 1.82) is 0 Å². The van der Waals surface area contributed by atoms with E-state index in [0.717, 1.165) is 37.9 Å². The Morgan fingerprint density at radius 3 is 2.24 bits per heavy atom. The number of nitrogens with one attached hydrogen (secondary N) is 1. The maximum atomic E-state index is 5.55. The minimum absolute atomic E-state index is 0.445. The van der Waals surface area contributed by atoms with Crippen molar-refractivity contribution in [3.05, 3.63) is 106 Å². The first-order chi connectivity index (χ1) is 18.7. The number of fused-ring (bicyclic) bond motifs is 1. The van der Waals surface area contributed by atoms with E-state index in [2.05, 4.69) is 91.1 Å². The number of benzene rings is 3. The quantitative estimate of drug-likeness (QED) is 0.331. The molecule has 0 aromatic heterocycles. The first-order valence-electron chi connectivity index (χ1n) is 15.0. The van der Waals surface area contributed by atoms with Gasteiger partial charge in [0.2, 0.25) is 0 Å². The fourth-order valence-corrected chi connectivity index (χ4v) is 6.78. The van der Waals surface area contributed by atoms with Gasteiger partial charge in [0, 0.05) is 30.9 Å². The molecule has 1 atom stereocenters. The van der Waals surface area contributed by atoms with Crippen molar-refractivity contribution in [2.45, 2.75) is 76.7 Å². The molecule has 0 radical (unpaired) electrons. The largest absolute Gasteiger partial charge is 0.382 e. The fourth-order valence-electron chi connectivity index (χ4n) is 6.78. The third kappa shape index (κ3) is 6.24. The molecule has 1 N–H and O–H groups in total. The summed E-state index contributed by atoms with van der Waals surface area (Å²) >= 11 is 0. The van der Waals surface area contributed by atoms with Crippen LogP contribution in [0, 0.1) is 11.8 Å². The van der Waals surface area contributed by atoms with E-state index < -0.39 is 0 Å². The molecule has 1 heterocycles. The molecule has 0 spiro atoms. The minimum atomic E-state index is 0.445. The SMILES string of the molecule is CC1CCC(Nc2cc(Cc3ccc(CC4CCOCC4)cc3)c3c(c2)C(Cc2ccccc2)C=C3)CC1. The summed E-state index contributed by atoms with van der Waals surface area (Å²) in [4.78, 5) is 0. The minimum Gasteiger partial charge on any atom is -0.382 e. The Labute approximate surface area is 229 Å². The summed E-state index contributed by atoms with van der Waals surface area (Å²) in [6.07, 6.45) is 15.7. The van der Waals surface area contributed by atoms with E-state index in [-0.39, 0.29) is 0 Å². The molecule has 2 aliphatic carbocycles. The number of allylic oxidation sites excluding steroid dienone is 1. The smallest absolute Gasteiger partial charge is 0.0468 e. The van der Waals surface area contributed by atoms with Crippen molar-refractivity contribution in [3.8, 4) is 0 Å². The predicted molar refractivity (Wildman–Crippen MR) is 160 cm³/mol. The van der Waals surface area contributed by atoms with Gasteiger partial charge in [-0.2, -0.15) is 0 Å². The number of hydrogen-bond donors (Lipinski definition) is 1. The fraction of sp³-hybridized carbons (Fsp3) is 0.444. The molecule has 0 amide bonds. The number of anilines is 1. The van der Waals surface area contributed by atoms with Crippen LogP contribution in [-0.2, 0) is 24.0 Å². The third-order valence-corrected chi connectivity index (χ3v) is 9.16. The molecule has 1 saturated carbocycles. The standard InChI is InChI=1S/C36H43NO/c1-26-7-14-33(15-8-26)37-34-24-32(23-29-11-9-28(10-12-29)21-30-17-19-38-20-18-30)35-16-13-31(36(35)25-34)22-27-5-3-2-4-6-27/h2-6,9-13,16,24-26,30-31,33,37H,7-8,14-15,17-23H2,1H3. The molecule has 6 rings (SSSR count). The van der Waals surface area contributed by atoms with Gasteiger partial charge in [-0.1, -0.05) is 73.7 Å². The van der Waals surface area contributed by atoms with Crippen molar-refractivity contribution in [2.75, 3.05) is 18.5 Å². The zero-order valence-corrected chi connectivity index (χ0v) is 23.0. The topological polar surface area (TPSA) is 21.3 Å². The summed E-state index contributed by atoms with van der Waals surface area (Å²) in [6.45, 7) is 4.26. The van der Waals surface area contributed by atoms with Crippen LogP contribution in [0.4, 0.5) is 5.69 Å². The average molecular weight is 506 g/mol. The van der Waals surface area contributed by atoms with Crippen molar-refractivity contribution in [3.63, 3.8) is 0 Å². The monoisotopic (exact) mass is 505 g/mol. The van der Waals surface area contributed by atoms with Crippen LogP contribution in [0.2, 0.25) is 0 Å². The van der Waals surface area contributed by atoms with Gasteiger partial charge in [0.05, 0.1) is 0 Å². The molecule has 0 bridgehead atoms. The summed E-state index contributed by atoms with van der Waals surface area (Å²) in [5.41, 5.74) is 10.0. The lowest BCUT2D eigenvalue weighted by molar-refractivity contribution is 0.0665. The van der Waals surface area contributed by atoms with Gasteiger partial charge >= 0.3 is 0 Å². The van der Waals surface area contributed by atoms with Crippen LogP contribution in [0.1, 0.15) is 84.7 Å². The normalized spacial score (nSPS) is 23.3. The van der Waals surface area contributed by atoms with Crippen molar-refractivity contribution >= 4 is 11.8 Å². The molecular weight excluding hydrogens is 462 g/mol. The second kappa shape index (κ2) is 11.9. The molecule has 2 nitrogen and oxygen atoms in total. The van der Waals surface area contributed by atoms with Gasteiger partial charge in [0.1, 0.15) is 0 Å². The second-order valence-electron chi connectivity index (χ2n) is 12.1. The molecule has 198 valence electrons. The van der Waals surface area contributed by atoms with Crippen LogP contribution >= 0.6 is 0 Å². The van der Waals surface area contributed by atoms with Crippen molar-refractivity contribution < 1.29 is 4.74 Å². The highest BCUT2D eigenvalue weighted by molar-refractivity contribution is 5.71. The highest BCUT2D eigenvalue weighted by Gasteiger charge is 2.24. The summed E-state index contributed by atoms with van der Waals surface area (Å²) in [6, 6.07) is 25.9. The van der Waals surface area contributed by atoms with E-state index in [1.54, 1.807) is 0 Å². The van der Waals surface area contributed by atoms with Crippen LogP contribution in [-0.4, -0.2) is 19.3 Å². The Bertz CT molecular complexity index is 1210. The highest BCUT2D eigenvalue weighted by Crippen LogP contribution is 2.38. The van der Waals surface area contributed by atoms with Gasteiger partial charge in [0.25, 0.3) is 0 Å². The lowest BCUT2D eigenvalue weighted by Crippen LogP contribution is -2.25. The number of hydrogen-bond acceptors (Lipinski definition) is 2. The molecule has 1 aliphatic heterocycles. The maximum Gasteiger partial charge on any atom is 0.0468 e. The Morgan fingerprint density at radius 2 is 1.47 bits per heavy atom. The van der Waals surface area contributed by atoms with Crippen LogP contribution in [0.15, 0.2) is 72.8 Å². The van der Waals surface area contributed by atoms with E-state index in [9.17, 15) is 0 Å². The second-order valence-corrected chi connectivity index (χ2v) is 12.1. The summed E-state index contributed by atoms with van der Waals surface area (Å²) < 4.78 is 5.55. The van der Waals surface area contributed by atoms with E-state index in [4.69, 9.17) is 4.74 Å². The Morgan fingerprint density at radius 1 is 0.763 bits per heavy atom. The summed E-state index contributed by atoms with van der Waals surface area (Å²) in [5.74, 6) is 2.09. The van der Waals surface area contributed by atoms with Gasteiger partial charge in [-0.3, -0.25) is 0 Å². The Balaban J connectivity index is 1.23. The Hall–Kier alpha value is -2.84. The molecule has 1 unspecified atom stereocenters. The molecular formula is C36H43NO. The van der Waals surface area contributed by atoms with Gasteiger partial charge in [0.15, 0.2) is 0 Å². The van der Waals surface area contributed by atoms with E-state index in [1.807, 2.05) is 0 Å². The van der Waals surface area contributed by atoms with Crippen LogP contribution in [0.3, 0.4) is 0 Å². The lowest BCUT2D eigenvalue weighted by Gasteiger charge is -2.28. The summed E-state index contributed by atoms with van der Waals surface area (Å²) in [5, 5.41) is 3.96. The molecule has 1 saturated heterocycles. The van der Waals surface area contributed by atoms with Crippen LogP contribution < -0.4 is 5.32 Å². The average Bonchev–Trinajstić information content (AvgIpc) is 3.35.